The van der Waals surface area contributed by atoms with Crippen LogP contribution < -0.4 is 16.4 Å². The fourth-order valence-corrected chi connectivity index (χ4v) is 3.86. The highest BCUT2D eigenvalue weighted by atomic mass is 35.5. The van der Waals surface area contributed by atoms with Gasteiger partial charge in [-0.2, -0.15) is 0 Å². The largest absolute Gasteiger partial charge is 0.394 e. The molecule has 0 spiro atoms. The fourth-order valence-electron chi connectivity index (χ4n) is 3.35. The van der Waals surface area contributed by atoms with Gasteiger partial charge in [0.05, 0.1) is 22.6 Å². The minimum Gasteiger partial charge on any atom is -0.394 e. The van der Waals surface area contributed by atoms with Gasteiger partial charge in [-0.05, 0) is 38.5 Å². The van der Waals surface area contributed by atoms with Gasteiger partial charge in [0, 0.05) is 52.7 Å². The normalized spacial score (nSPS) is 11.3. The first kappa shape index (κ1) is 26.3. The van der Waals surface area contributed by atoms with Gasteiger partial charge in [0.2, 0.25) is 5.82 Å². The molecule has 2 heterocycles. The van der Waals surface area contributed by atoms with Gasteiger partial charge in [0.25, 0.3) is 5.91 Å². The fraction of sp³-hybridized carbons (Fsp3) is 0.304. The Morgan fingerprint density at radius 3 is 2.60 bits per heavy atom. The van der Waals surface area contributed by atoms with Crippen LogP contribution in [0, 0.1) is 10.1 Å². The number of nitrogens with zero attached hydrogens (tertiary/aromatic N) is 3. The number of nitrogen functional groups attached to an aromatic ring is 1. The molecule has 2 aromatic heterocycles. The number of amides is 1. The molecule has 3 aromatic rings. The summed E-state index contributed by atoms with van der Waals surface area (Å²) >= 11 is 12.5. The van der Waals surface area contributed by atoms with Crippen LogP contribution in [0.1, 0.15) is 30.6 Å². The average molecular weight is 521 g/mol. The number of aliphatic hydroxyl groups is 1. The number of nitrogens with one attached hydrogen (secondary N) is 2. The van der Waals surface area contributed by atoms with Crippen LogP contribution in [0.3, 0.4) is 0 Å². The number of anilines is 2. The van der Waals surface area contributed by atoms with Crippen LogP contribution in [0.2, 0.25) is 10.0 Å². The smallest absolute Gasteiger partial charge is 0.311 e. The van der Waals surface area contributed by atoms with E-state index in [-0.39, 0.29) is 24.0 Å². The molecule has 0 aliphatic rings. The van der Waals surface area contributed by atoms with Gasteiger partial charge in [-0.25, -0.2) is 4.98 Å². The maximum absolute atomic E-state index is 13.0. The number of hydrogen-bond acceptors (Lipinski definition) is 7. The Hall–Kier alpha value is -3.34. The van der Waals surface area contributed by atoms with Crippen LogP contribution in [0.5, 0.6) is 0 Å². The van der Waals surface area contributed by atoms with Gasteiger partial charge in [0.15, 0.2) is 0 Å². The van der Waals surface area contributed by atoms with Crippen molar-refractivity contribution in [1.29, 1.82) is 0 Å². The maximum atomic E-state index is 13.0. The Bertz CT molecular complexity index is 1240. The van der Waals surface area contributed by atoms with Crippen LogP contribution in [0.15, 0.2) is 42.7 Å². The summed E-state index contributed by atoms with van der Waals surface area (Å²) in [6, 6.07) is 7.87. The Balaban J connectivity index is 1.76. The highest BCUT2D eigenvalue weighted by Crippen LogP contribution is 2.33. The lowest BCUT2D eigenvalue weighted by molar-refractivity contribution is -0.384. The number of benzene rings is 1. The van der Waals surface area contributed by atoms with E-state index in [2.05, 4.69) is 15.6 Å². The third-order valence-electron chi connectivity index (χ3n) is 5.19. The lowest BCUT2D eigenvalue weighted by atomic mass is 10.0. The van der Waals surface area contributed by atoms with Crippen LogP contribution in [-0.2, 0) is 6.54 Å². The zero-order chi connectivity index (χ0) is 25.8. The lowest BCUT2D eigenvalue weighted by Gasteiger charge is -2.23. The number of nitrogens with two attached hydrogens (primary N) is 1. The molecule has 0 saturated carbocycles. The summed E-state index contributed by atoms with van der Waals surface area (Å²) in [5, 5.41) is 27.2. The summed E-state index contributed by atoms with van der Waals surface area (Å²) in [4.78, 5) is 27.3. The first-order valence-corrected chi connectivity index (χ1v) is 11.5. The number of rotatable bonds is 10. The van der Waals surface area contributed by atoms with Crippen LogP contribution in [0.25, 0.3) is 11.1 Å². The number of carbonyl (C=O) groups is 1. The Morgan fingerprint density at radius 2 is 1.97 bits per heavy atom. The minimum atomic E-state index is -0.802. The van der Waals surface area contributed by atoms with Crippen LogP contribution >= 0.6 is 23.2 Å². The molecule has 0 bridgehead atoms. The van der Waals surface area contributed by atoms with E-state index in [4.69, 9.17) is 28.9 Å². The van der Waals surface area contributed by atoms with Crippen molar-refractivity contribution in [2.24, 2.45) is 0 Å². The maximum Gasteiger partial charge on any atom is 0.311 e. The number of aliphatic hydroxyl groups excluding tert-OH is 1. The van der Waals surface area contributed by atoms with E-state index in [9.17, 15) is 20.0 Å². The third kappa shape index (κ3) is 6.62. The highest BCUT2D eigenvalue weighted by molar-refractivity contribution is 6.36. The predicted octanol–water partition coefficient (Wildman–Crippen LogP) is 4.35. The zero-order valence-corrected chi connectivity index (χ0v) is 20.7. The monoisotopic (exact) mass is 520 g/mol. The molecule has 35 heavy (non-hydrogen) atoms. The molecule has 186 valence electrons. The molecule has 0 atom stereocenters. The molecule has 12 heteroatoms. The predicted molar refractivity (Wildman–Crippen MR) is 137 cm³/mol. The lowest BCUT2D eigenvalue weighted by Crippen LogP contribution is -2.46. The molecule has 5 N–H and O–H groups in total. The third-order valence-corrected chi connectivity index (χ3v) is 5.74. The molecule has 1 aromatic carbocycles. The number of aryl methyl sites for hydroxylation is 1. The quantitative estimate of drug-likeness (QED) is 0.176. The van der Waals surface area contributed by atoms with Crippen molar-refractivity contribution in [3.63, 3.8) is 0 Å². The van der Waals surface area contributed by atoms with Crippen molar-refractivity contribution in [2.75, 3.05) is 24.2 Å². The molecule has 0 aliphatic carbocycles. The van der Waals surface area contributed by atoms with E-state index in [1.165, 1.54) is 12.1 Å². The molecule has 1 amide bonds. The van der Waals surface area contributed by atoms with Crippen molar-refractivity contribution >= 4 is 46.4 Å². The molecule has 10 nitrogen and oxygen atoms in total. The van der Waals surface area contributed by atoms with E-state index in [1.54, 1.807) is 38.2 Å². The number of pyridine rings is 1. The van der Waals surface area contributed by atoms with E-state index in [0.717, 1.165) is 0 Å². The summed E-state index contributed by atoms with van der Waals surface area (Å²) < 4.78 is 1.88. The standard InChI is InChI=1S/C23H26Cl2N6O4/c1-23(2,13-32)29-22(33)17-12-30(11-16(17)15-5-4-14(24)10-18(15)25)9-3-8-27-20-7-6-19(31(34)35)21(26)28-20/h4-7,10-12,32H,3,8-9,13H2,1-2H3,(H,29,33)(H3,26,27,28). The summed E-state index contributed by atoms with van der Waals surface area (Å²) in [6.07, 6.45) is 4.22. The zero-order valence-electron chi connectivity index (χ0n) is 19.2. The molecule has 0 aliphatic heterocycles. The first-order valence-electron chi connectivity index (χ1n) is 10.7. The van der Waals surface area contributed by atoms with E-state index < -0.39 is 10.5 Å². The van der Waals surface area contributed by atoms with Gasteiger partial charge in [-0.1, -0.05) is 29.3 Å². The highest BCUT2D eigenvalue weighted by Gasteiger charge is 2.24. The second kappa shape index (κ2) is 10.9. The second-order valence-electron chi connectivity index (χ2n) is 8.58. The second-order valence-corrected chi connectivity index (χ2v) is 9.43. The van der Waals surface area contributed by atoms with Crippen molar-refractivity contribution < 1.29 is 14.8 Å². The van der Waals surface area contributed by atoms with Crippen molar-refractivity contribution in [3.8, 4) is 11.1 Å². The summed E-state index contributed by atoms with van der Waals surface area (Å²) in [7, 11) is 0. The van der Waals surface area contributed by atoms with Crippen LogP contribution in [0.4, 0.5) is 17.3 Å². The SMILES string of the molecule is CC(C)(CO)NC(=O)c1cn(CCCNc2ccc([N+](=O)[O-])c(N)n2)cc1-c1ccc(Cl)cc1Cl. The molecule has 3 rings (SSSR count). The average Bonchev–Trinajstić information content (AvgIpc) is 3.20. The number of halogens is 2. The van der Waals surface area contributed by atoms with E-state index in [0.29, 0.717) is 52.1 Å². The van der Waals surface area contributed by atoms with Gasteiger partial charge in [0.1, 0.15) is 5.82 Å². The van der Waals surface area contributed by atoms with Gasteiger partial charge in [-0.15, -0.1) is 0 Å². The molecule has 0 saturated heterocycles. The van der Waals surface area contributed by atoms with E-state index in [1.807, 2.05) is 10.8 Å². The molecule has 0 unspecified atom stereocenters. The van der Waals surface area contributed by atoms with Crippen molar-refractivity contribution in [2.45, 2.75) is 32.4 Å². The first-order chi connectivity index (χ1) is 16.5. The Morgan fingerprint density at radius 1 is 1.23 bits per heavy atom. The van der Waals surface area contributed by atoms with Gasteiger partial charge in [-0.3, -0.25) is 14.9 Å². The van der Waals surface area contributed by atoms with Crippen molar-refractivity contribution in [1.82, 2.24) is 14.9 Å². The summed E-state index contributed by atoms with van der Waals surface area (Å²) in [5.41, 5.74) is 6.28. The topological polar surface area (TPSA) is 148 Å². The molecular weight excluding hydrogens is 495 g/mol. The molecule has 0 radical (unpaired) electrons. The number of carbonyl (C=O) groups excluding carboxylic acids is 1. The van der Waals surface area contributed by atoms with E-state index >= 15 is 0 Å². The Kier molecular flexibility index (Phi) is 8.21. The number of nitro groups is 1. The molecule has 0 fully saturated rings. The minimum absolute atomic E-state index is 0.156. The summed E-state index contributed by atoms with van der Waals surface area (Å²) in [5.74, 6) is -0.0654. The number of aromatic nitrogens is 2. The molecular formula is C23H26Cl2N6O4. The van der Waals surface area contributed by atoms with Gasteiger partial charge >= 0.3 is 5.69 Å². The summed E-state index contributed by atoms with van der Waals surface area (Å²) in [6.45, 7) is 4.30. The Labute approximate surface area is 212 Å². The van der Waals surface area contributed by atoms with Crippen LogP contribution in [-0.4, -0.2) is 44.2 Å². The van der Waals surface area contributed by atoms with Gasteiger partial charge < -0.3 is 26.0 Å². The number of hydrogen-bond donors (Lipinski definition) is 4. The van der Waals surface area contributed by atoms with Crippen molar-refractivity contribution in [3.05, 3.63) is 68.4 Å².